The van der Waals surface area contributed by atoms with Gasteiger partial charge in [0, 0.05) is 11.9 Å². The van der Waals surface area contributed by atoms with Gasteiger partial charge in [0.2, 0.25) is 0 Å². The highest BCUT2D eigenvalue weighted by Crippen LogP contribution is 2.31. The van der Waals surface area contributed by atoms with Crippen LogP contribution in [0, 0.1) is 0 Å². The highest BCUT2D eigenvalue weighted by molar-refractivity contribution is 7.13. The third-order valence-electron chi connectivity index (χ3n) is 2.57. The number of ether oxygens (including phenoxy) is 1. The monoisotopic (exact) mass is 257 g/mol. The Morgan fingerprint density at radius 3 is 2.72 bits per heavy atom. The third kappa shape index (κ3) is 2.05. The van der Waals surface area contributed by atoms with E-state index in [4.69, 9.17) is 10.5 Å². The van der Waals surface area contributed by atoms with Crippen molar-refractivity contribution in [2.75, 3.05) is 0 Å². The molecular formula is C13H11N3OS. The summed E-state index contributed by atoms with van der Waals surface area (Å²) in [5.41, 5.74) is 5.50. The van der Waals surface area contributed by atoms with Crippen molar-refractivity contribution in [2.24, 2.45) is 5.73 Å². The van der Waals surface area contributed by atoms with Gasteiger partial charge in [0.25, 0.3) is 5.19 Å². The molecule has 1 aromatic heterocycles. The molecule has 90 valence electrons. The Bertz CT molecular complexity index is 675. The molecule has 0 atom stereocenters. The van der Waals surface area contributed by atoms with Gasteiger partial charge in [-0.3, -0.25) is 0 Å². The molecule has 2 aromatic carbocycles. The average Bonchev–Trinajstić information content (AvgIpc) is 2.87. The largest absolute Gasteiger partial charge is 0.429 e. The molecule has 2 N–H and O–H groups in total. The lowest BCUT2D eigenvalue weighted by Crippen LogP contribution is -1.94. The van der Waals surface area contributed by atoms with Crippen molar-refractivity contribution in [2.45, 2.75) is 6.54 Å². The summed E-state index contributed by atoms with van der Waals surface area (Å²) in [5, 5.41) is 11.4. The molecule has 4 nitrogen and oxygen atoms in total. The summed E-state index contributed by atoms with van der Waals surface area (Å²) >= 11 is 1.37. The number of benzene rings is 2. The van der Waals surface area contributed by atoms with Gasteiger partial charge in [-0.25, -0.2) is 0 Å². The van der Waals surface area contributed by atoms with E-state index in [2.05, 4.69) is 10.2 Å². The zero-order valence-electron chi connectivity index (χ0n) is 9.54. The van der Waals surface area contributed by atoms with Crippen molar-refractivity contribution in [3.05, 3.63) is 47.5 Å². The third-order valence-corrected chi connectivity index (χ3v) is 3.39. The van der Waals surface area contributed by atoms with Crippen LogP contribution in [0.4, 0.5) is 0 Å². The maximum Gasteiger partial charge on any atom is 0.299 e. The second kappa shape index (κ2) is 4.72. The molecule has 0 saturated heterocycles. The lowest BCUT2D eigenvalue weighted by atomic mass is 10.1. The van der Waals surface area contributed by atoms with E-state index in [1.807, 2.05) is 42.5 Å². The Morgan fingerprint density at radius 1 is 1.06 bits per heavy atom. The summed E-state index contributed by atoms with van der Waals surface area (Å²) < 4.78 is 5.76. The normalized spacial score (nSPS) is 10.7. The number of nitrogens with two attached hydrogens (primary N) is 1. The van der Waals surface area contributed by atoms with E-state index in [9.17, 15) is 0 Å². The van der Waals surface area contributed by atoms with Crippen LogP contribution in [-0.4, -0.2) is 10.2 Å². The van der Waals surface area contributed by atoms with Crippen LogP contribution in [0.3, 0.4) is 0 Å². The fraction of sp³-hybridized carbons (Fsp3) is 0.0769. The Kier molecular flexibility index (Phi) is 2.92. The van der Waals surface area contributed by atoms with E-state index < -0.39 is 0 Å². The summed E-state index contributed by atoms with van der Waals surface area (Å²) in [6.07, 6.45) is 0. The molecule has 18 heavy (non-hydrogen) atoms. The van der Waals surface area contributed by atoms with Crippen LogP contribution < -0.4 is 10.5 Å². The maximum atomic E-state index is 5.76. The van der Waals surface area contributed by atoms with Gasteiger partial charge in [-0.2, -0.15) is 0 Å². The highest BCUT2D eigenvalue weighted by atomic mass is 32.1. The van der Waals surface area contributed by atoms with E-state index in [0.717, 1.165) is 21.5 Å². The zero-order chi connectivity index (χ0) is 12.4. The fourth-order valence-electron chi connectivity index (χ4n) is 1.74. The minimum absolute atomic E-state index is 0.385. The van der Waals surface area contributed by atoms with Gasteiger partial charge >= 0.3 is 0 Å². The number of nitrogens with zero attached hydrogens (tertiary/aromatic N) is 2. The average molecular weight is 257 g/mol. The fourth-order valence-corrected chi connectivity index (χ4v) is 2.32. The molecule has 0 fully saturated rings. The van der Waals surface area contributed by atoms with Crippen molar-refractivity contribution < 1.29 is 4.74 Å². The Balaban J connectivity index is 1.99. The first-order chi connectivity index (χ1) is 8.86. The first-order valence-corrected chi connectivity index (χ1v) is 6.36. The summed E-state index contributed by atoms with van der Waals surface area (Å²) in [5.74, 6) is 0.785. The van der Waals surface area contributed by atoms with Crippen molar-refractivity contribution in [3.8, 4) is 10.9 Å². The van der Waals surface area contributed by atoms with Gasteiger partial charge in [-0.15, -0.1) is 5.10 Å². The molecule has 0 radical (unpaired) electrons. The predicted octanol–water partition coefficient (Wildman–Crippen LogP) is 2.94. The standard InChI is InChI=1S/C13H11N3OS/c14-8-12-15-16-13(18-12)17-11-7-3-5-9-4-1-2-6-10(9)11/h1-7H,8,14H2. The second-order valence-corrected chi connectivity index (χ2v) is 4.77. The van der Waals surface area contributed by atoms with Gasteiger partial charge in [0.05, 0.1) is 0 Å². The molecule has 1 heterocycles. The lowest BCUT2D eigenvalue weighted by molar-refractivity contribution is 0.478. The first-order valence-electron chi connectivity index (χ1n) is 5.55. The Morgan fingerprint density at radius 2 is 1.89 bits per heavy atom. The van der Waals surface area contributed by atoms with Crippen LogP contribution in [0.5, 0.6) is 10.9 Å². The second-order valence-electron chi connectivity index (χ2n) is 3.75. The van der Waals surface area contributed by atoms with Crippen molar-refractivity contribution in [1.82, 2.24) is 10.2 Å². The molecular weight excluding hydrogens is 246 g/mol. The summed E-state index contributed by atoms with van der Waals surface area (Å²) in [6, 6.07) is 14.0. The Labute approximate surface area is 108 Å². The minimum atomic E-state index is 0.385. The molecule has 0 unspecified atom stereocenters. The molecule has 0 aliphatic heterocycles. The number of hydrogen-bond donors (Lipinski definition) is 1. The van der Waals surface area contributed by atoms with Crippen molar-refractivity contribution in [3.63, 3.8) is 0 Å². The summed E-state index contributed by atoms with van der Waals surface area (Å²) in [7, 11) is 0. The quantitative estimate of drug-likeness (QED) is 0.783. The highest BCUT2D eigenvalue weighted by Gasteiger charge is 2.07. The van der Waals surface area contributed by atoms with E-state index in [1.54, 1.807) is 0 Å². The van der Waals surface area contributed by atoms with Gasteiger partial charge in [-0.1, -0.05) is 52.8 Å². The zero-order valence-corrected chi connectivity index (χ0v) is 10.4. The SMILES string of the molecule is NCc1nnc(Oc2cccc3ccccc23)s1. The molecule has 0 bridgehead atoms. The van der Waals surface area contributed by atoms with Gasteiger partial charge in [0.1, 0.15) is 10.8 Å². The molecule has 0 spiro atoms. The number of fused-ring (bicyclic) bond motifs is 1. The molecule has 3 aromatic rings. The summed E-state index contributed by atoms with van der Waals surface area (Å²) in [4.78, 5) is 0. The van der Waals surface area contributed by atoms with Crippen LogP contribution in [0.25, 0.3) is 10.8 Å². The number of hydrogen-bond acceptors (Lipinski definition) is 5. The van der Waals surface area contributed by atoms with Crippen molar-refractivity contribution >= 4 is 22.1 Å². The molecule has 0 aliphatic rings. The number of aromatic nitrogens is 2. The first kappa shape index (κ1) is 11.1. The topological polar surface area (TPSA) is 61.0 Å². The van der Waals surface area contributed by atoms with Gasteiger partial charge in [-0.05, 0) is 11.5 Å². The molecule has 3 rings (SSSR count). The molecule has 0 saturated carbocycles. The van der Waals surface area contributed by atoms with E-state index in [0.29, 0.717) is 11.7 Å². The van der Waals surface area contributed by atoms with E-state index >= 15 is 0 Å². The van der Waals surface area contributed by atoms with Gasteiger partial charge < -0.3 is 10.5 Å². The van der Waals surface area contributed by atoms with Crippen LogP contribution >= 0.6 is 11.3 Å². The lowest BCUT2D eigenvalue weighted by Gasteiger charge is -2.05. The maximum absolute atomic E-state index is 5.76. The molecule has 0 amide bonds. The summed E-state index contributed by atoms with van der Waals surface area (Å²) in [6.45, 7) is 0.385. The minimum Gasteiger partial charge on any atom is -0.429 e. The van der Waals surface area contributed by atoms with Crippen LogP contribution in [-0.2, 0) is 6.54 Å². The van der Waals surface area contributed by atoms with E-state index in [-0.39, 0.29) is 0 Å². The van der Waals surface area contributed by atoms with Crippen LogP contribution in [0.15, 0.2) is 42.5 Å². The Hall–Kier alpha value is -1.98. The van der Waals surface area contributed by atoms with Crippen LogP contribution in [0.2, 0.25) is 0 Å². The molecule has 0 aliphatic carbocycles. The van der Waals surface area contributed by atoms with Crippen molar-refractivity contribution in [1.29, 1.82) is 0 Å². The van der Waals surface area contributed by atoms with E-state index in [1.165, 1.54) is 11.3 Å². The smallest absolute Gasteiger partial charge is 0.299 e. The van der Waals surface area contributed by atoms with Crippen LogP contribution in [0.1, 0.15) is 5.01 Å². The number of rotatable bonds is 3. The predicted molar refractivity (Wildman–Crippen MR) is 71.8 cm³/mol. The molecule has 5 heteroatoms. The van der Waals surface area contributed by atoms with Gasteiger partial charge in [0.15, 0.2) is 0 Å².